The fourth-order valence-electron chi connectivity index (χ4n) is 1.44. The maximum Gasteiger partial charge on any atom is 0.219 e. The highest BCUT2D eigenvalue weighted by atomic mass is 16.1. The van der Waals surface area contributed by atoms with Crippen LogP contribution in [0.25, 0.3) is 0 Å². The molecule has 0 radical (unpaired) electrons. The van der Waals surface area contributed by atoms with Crippen molar-refractivity contribution in [3.63, 3.8) is 0 Å². The second-order valence-corrected chi connectivity index (χ2v) is 3.19. The summed E-state index contributed by atoms with van der Waals surface area (Å²) >= 11 is 0. The normalized spacial score (nSPS) is 12.4. The van der Waals surface area contributed by atoms with Crippen LogP contribution in [0, 0.1) is 0 Å². The summed E-state index contributed by atoms with van der Waals surface area (Å²) in [7, 11) is 0. The van der Waals surface area contributed by atoms with Gasteiger partial charge < -0.3 is 11.1 Å². The molecule has 3 nitrogen and oxygen atoms in total. The van der Waals surface area contributed by atoms with E-state index in [2.05, 4.69) is 5.32 Å². The van der Waals surface area contributed by atoms with E-state index in [9.17, 15) is 4.79 Å². The highest BCUT2D eigenvalue weighted by molar-refractivity contribution is 5.74. The topological polar surface area (TPSA) is 55.1 Å². The first kappa shape index (κ1) is 10.7. The van der Waals surface area contributed by atoms with Gasteiger partial charge >= 0.3 is 0 Å². The summed E-state index contributed by atoms with van der Waals surface area (Å²) in [6.07, 6.45) is 0.345. The summed E-state index contributed by atoms with van der Waals surface area (Å²) in [4.78, 5) is 10.8. The lowest BCUT2D eigenvalue weighted by Gasteiger charge is -2.16. The molecule has 3 heteroatoms. The second kappa shape index (κ2) is 5.40. The van der Waals surface area contributed by atoms with Gasteiger partial charge in [-0.2, -0.15) is 0 Å². The van der Waals surface area contributed by atoms with E-state index in [1.165, 1.54) is 0 Å². The van der Waals surface area contributed by atoms with Crippen molar-refractivity contribution in [3.8, 4) is 0 Å². The maximum absolute atomic E-state index is 10.8. The Bertz CT molecular complexity index is 285. The van der Waals surface area contributed by atoms with Gasteiger partial charge in [-0.25, -0.2) is 0 Å². The van der Waals surface area contributed by atoms with E-state index in [1.807, 2.05) is 37.3 Å². The molecule has 0 aromatic heterocycles. The predicted molar refractivity (Wildman–Crippen MR) is 56.7 cm³/mol. The first-order chi connectivity index (χ1) is 6.74. The molecule has 0 fully saturated rings. The average molecular weight is 192 g/mol. The summed E-state index contributed by atoms with van der Waals surface area (Å²) in [6, 6.07) is 9.91. The van der Waals surface area contributed by atoms with Crippen LogP contribution < -0.4 is 11.1 Å². The highest BCUT2D eigenvalue weighted by Crippen LogP contribution is 2.15. The molecule has 1 rings (SSSR count). The van der Waals surface area contributed by atoms with Gasteiger partial charge in [-0.3, -0.25) is 4.79 Å². The summed E-state index contributed by atoms with van der Waals surface area (Å²) in [6.45, 7) is 2.84. The van der Waals surface area contributed by atoms with E-state index < -0.39 is 0 Å². The molecule has 0 saturated carbocycles. The van der Waals surface area contributed by atoms with Crippen molar-refractivity contribution >= 4 is 5.91 Å². The molecule has 0 aliphatic heterocycles. The molecule has 1 aromatic carbocycles. The van der Waals surface area contributed by atoms with E-state index in [1.54, 1.807) is 0 Å². The molecule has 0 aliphatic carbocycles. The van der Waals surface area contributed by atoms with Crippen molar-refractivity contribution in [3.05, 3.63) is 35.9 Å². The van der Waals surface area contributed by atoms with Gasteiger partial charge in [0.1, 0.15) is 0 Å². The Kier molecular flexibility index (Phi) is 4.13. The fourth-order valence-corrected chi connectivity index (χ4v) is 1.44. The first-order valence-electron chi connectivity index (χ1n) is 4.80. The summed E-state index contributed by atoms with van der Waals surface area (Å²) in [5.41, 5.74) is 6.29. The molecule has 0 bridgehead atoms. The number of carbonyl (C=O) groups excluding carboxylic acids is 1. The Morgan fingerprint density at radius 1 is 1.43 bits per heavy atom. The van der Waals surface area contributed by atoms with E-state index >= 15 is 0 Å². The van der Waals surface area contributed by atoms with Gasteiger partial charge in [-0.15, -0.1) is 0 Å². The highest BCUT2D eigenvalue weighted by Gasteiger charge is 2.11. The summed E-state index contributed by atoms with van der Waals surface area (Å²) in [5.74, 6) is -0.278. The minimum Gasteiger partial charge on any atom is -0.370 e. The van der Waals surface area contributed by atoms with Gasteiger partial charge in [0.25, 0.3) is 0 Å². The molecule has 1 atom stereocenters. The van der Waals surface area contributed by atoms with Crippen LogP contribution in [-0.2, 0) is 4.79 Å². The lowest BCUT2D eigenvalue weighted by atomic mass is 10.0. The largest absolute Gasteiger partial charge is 0.370 e. The van der Waals surface area contributed by atoms with Crippen LogP contribution in [0.3, 0.4) is 0 Å². The Hall–Kier alpha value is -1.35. The minimum absolute atomic E-state index is 0.0405. The number of nitrogens with two attached hydrogens (primary N) is 1. The van der Waals surface area contributed by atoms with Crippen LogP contribution in [0.5, 0.6) is 0 Å². The number of hydrogen-bond donors (Lipinski definition) is 2. The second-order valence-electron chi connectivity index (χ2n) is 3.19. The van der Waals surface area contributed by atoms with Crippen LogP contribution >= 0.6 is 0 Å². The van der Waals surface area contributed by atoms with Crippen LogP contribution in [0.15, 0.2) is 30.3 Å². The van der Waals surface area contributed by atoms with Gasteiger partial charge in [0, 0.05) is 12.5 Å². The Labute approximate surface area is 84.3 Å². The third kappa shape index (κ3) is 3.18. The van der Waals surface area contributed by atoms with Gasteiger partial charge in [0.15, 0.2) is 0 Å². The minimum atomic E-state index is -0.278. The molecule has 0 heterocycles. The quantitative estimate of drug-likeness (QED) is 0.736. The number of nitrogens with one attached hydrogen (secondary N) is 1. The fraction of sp³-hybridized carbons (Fsp3) is 0.364. The molecule has 0 saturated heterocycles. The smallest absolute Gasteiger partial charge is 0.219 e. The Morgan fingerprint density at radius 2 is 2.07 bits per heavy atom. The molecule has 0 aliphatic rings. The van der Waals surface area contributed by atoms with E-state index in [0.29, 0.717) is 6.42 Å². The number of hydrogen-bond acceptors (Lipinski definition) is 2. The van der Waals surface area contributed by atoms with Gasteiger partial charge in [0.2, 0.25) is 5.91 Å². The molecule has 14 heavy (non-hydrogen) atoms. The standard InChI is InChI=1S/C11H16N2O/c1-2-13-10(8-11(12)14)9-6-4-3-5-7-9/h3-7,10,13H,2,8H2,1H3,(H2,12,14). The average Bonchev–Trinajstić information content (AvgIpc) is 2.18. The monoisotopic (exact) mass is 192 g/mol. The van der Waals surface area contributed by atoms with Gasteiger partial charge in [-0.1, -0.05) is 37.3 Å². The number of benzene rings is 1. The zero-order valence-electron chi connectivity index (χ0n) is 8.36. The zero-order valence-corrected chi connectivity index (χ0v) is 8.36. The number of amides is 1. The lowest BCUT2D eigenvalue weighted by molar-refractivity contribution is -0.118. The summed E-state index contributed by atoms with van der Waals surface area (Å²) < 4.78 is 0. The third-order valence-electron chi connectivity index (χ3n) is 2.06. The third-order valence-corrected chi connectivity index (χ3v) is 2.06. The molecule has 3 N–H and O–H groups in total. The molecule has 0 spiro atoms. The van der Waals surface area contributed by atoms with Crippen LogP contribution in [0.4, 0.5) is 0 Å². The van der Waals surface area contributed by atoms with Crippen molar-refractivity contribution in [2.75, 3.05) is 6.54 Å². The van der Waals surface area contributed by atoms with E-state index in [-0.39, 0.29) is 11.9 Å². The molecule has 76 valence electrons. The lowest BCUT2D eigenvalue weighted by Crippen LogP contribution is -2.26. The molecule has 1 unspecified atom stereocenters. The SMILES string of the molecule is CCNC(CC(N)=O)c1ccccc1. The molecule has 1 amide bonds. The zero-order chi connectivity index (χ0) is 10.4. The number of carbonyl (C=O) groups is 1. The maximum atomic E-state index is 10.8. The molecular formula is C11H16N2O. The predicted octanol–water partition coefficient (Wildman–Crippen LogP) is 1.21. The Morgan fingerprint density at radius 3 is 2.57 bits per heavy atom. The number of rotatable bonds is 5. The summed E-state index contributed by atoms with van der Waals surface area (Å²) in [5, 5.41) is 3.23. The van der Waals surface area contributed by atoms with Crippen molar-refractivity contribution in [1.29, 1.82) is 0 Å². The molecule has 1 aromatic rings. The van der Waals surface area contributed by atoms with E-state index in [4.69, 9.17) is 5.73 Å². The number of primary amides is 1. The van der Waals surface area contributed by atoms with Gasteiger partial charge in [-0.05, 0) is 12.1 Å². The van der Waals surface area contributed by atoms with Crippen molar-refractivity contribution in [2.24, 2.45) is 5.73 Å². The van der Waals surface area contributed by atoms with Crippen LogP contribution in [0.1, 0.15) is 24.9 Å². The van der Waals surface area contributed by atoms with Gasteiger partial charge in [0.05, 0.1) is 0 Å². The van der Waals surface area contributed by atoms with E-state index in [0.717, 1.165) is 12.1 Å². The Balaban J connectivity index is 2.72. The van der Waals surface area contributed by atoms with Crippen molar-refractivity contribution < 1.29 is 4.79 Å². The molecular weight excluding hydrogens is 176 g/mol. The first-order valence-corrected chi connectivity index (χ1v) is 4.80. The van der Waals surface area contributed by atoms with Crippen LogP contribution in [-0.4, -0.2) is 12.5 Å². The van der Waals surface area contributed by atoms with Crippen molar-refractivity contribution in [2.45, 2.75) is 19.4 Å². The van der Waals surface area contributed by atoms with Crippen molar-refractivity contribution in [1.82, 2.24) is 5.32 Å². The van der Waals surface area contributed by atoms with Crippen LogP contribution in [0.2, 0.25) is 0 Å².